The lowest BCUT2D eigenvalue weighted by Crippen LogP contribution is -2.20. The molecule has 2 atom stereocenters. The molecule has 2 N–H and O–H groups in total. The Hall–Kier alpha value is -3.02. The van der Waals surface area contributed by atoms with Crippen LogP contribution in [0.5, 0.6) is 0 Å². The van der Waals surface area contributed by atoms with Crippen LogP contribution in [0, 0.1) is 0 Å². The first kappa shape index (κ1) is 23.3. The quantitative estimate of drug-likeness (QED) is 0.504. The van der Waals surface area contributed by atoms with Crippen molar-refractivity contribution in [2.24, 2.45) is 0 Å². The predicted octanol–water partition coefficient (Wildman–Crippen LogP) is 6.34. The molecule has 6 heteroatoms. The molecule has 2 aromatic rings. The van der Waals surface area contributed by atoms with Gasteiger partial charge in [-0.05, 0) is 74.4 Å². The summed E-state index contributed by atoms with van der Waals surface area (Å²) in [6.07, 6.45) is 1.52. The zero-order valence-corrected chi connectivity index (χ0v) is 18.2. The van der Waals surface area contributed by atoms with E-state index in [1.807, 2.05) is 55.5 Å². The maximum Gasteiger partial charge on any atom is 0.411 e. The molecule has 0 aliphatic carbocycles. The average molecular weight is 413 g/mol. The number of aryl methyl sites for hydroxylation is 1. The molecule has 2 aromatic carbocycles. The Morgan fingerprint density at radius 1 is 0.833 bits per heavy atom. The molecule has 0 heterocycles. The Balaban J connectivity index is 1.75. The summed E-state index contributed by atoms with van der Waals surface area (Å²) < 4.78 is 10.3. The van der Waals surface area contributed by atoms with Crippen molar-refractivity contribution in [2.45, 2.75) is 59.0 Å². The van der Waals surface area contributed by atoms with Gasteiger partial charge in [-0.2, -0.15) is 0 Å². The van der Waals surface area contributed by atoms with Gasteiger partial charge in [0.2, 0.25) is 0 Å². The molecule has 0 aliphatic rings. The average Bonchev–Trinajstić information content (AvgIpc) is 2.73. The van der Waals surface area contributed by atoms with E-state index in [2.05, 4.69) is 24.5 Å². The first-order valence-corrected chi connectivity index (χ1v) is 10.5. The Morgan fingerprint density at radius 3 is 1.97 bits per heavy atom. The lowest BCUT2D eigenvalue weighted by Gasteiger charge is -2.17. The second-order valence-electron chi connectivity index (χ2n) is 7.34. The molecular formula is C24H32N2O4. The molecule has 6 nitrogen and oxygen atoms in total. The SMILES string of the molecule is CCOC(=O)Nc1ccc(C(C)CC[C@@H](C)OC(=O)Nc2ccc(CC)cc2)cc1. The topological polar surface area (TPSA) is 76.7 Å². The molecule has 30 heavy (non-hydrogen) atoms. The van der Waals surface area contributed by atoms with Gasteiger partial charge in [0.25, 0.3) is 0 Å². The monoisotopic (exact) mass is 412 g/mol. The zero-order valence-electron chi connectivity index (χ0n) is 18.2. The molecule has 0 aromatic heterocycles. The molecule has 0 bridgehead atoms. The molecule has 2 amide bonds. The third-order valence-electron chi connectivity index (χ3n) is 4.92. The molecule has 0 aliphatic heterocycles. The van der Waals surface area contributed by atoms with Crippen LogP contribution in [0.4, 0.5) is 21.0 Å². The van der Waals surface area contributed by atoms with Crippen molar-refractivity contribution < 1.29 is 19.1 Å². The highest BCUT2D eigenvalue weighted by Gasteiger charge is 2.13. The highest BCUT2D eigenvalue weighted by Crippen LogP contribution is 2.24. The molecule has 1 unspecified atom stereocenters. The van der Waals surface area contributed by atoms with Gasteiger partial charge in [0.1, 0.15) is 6.10 Å². The summed E-state index contributed by atoms with van der Waals surface area (Å²) in [5.74, 6) is 0.303. The van der Waals surface area contributed by atoms with Crippen LogP contribution in [0.15, 0.2) is 48.5 Å². The van der Waals surface area contributed by atoms with E-state index in [0.29, 0.717) is 18.2 Å². The van der Waals surface area contributed by atoms with E-state index in [-0.39, 0.29) is 6.10 Å². The third kappa shape index (κ3) is 7.78. The number of ether oxygens (including phenoxy) is 2. The van der Waals surface area contributed by atoms with Crippen molar-refractivity contribution in [1.82, 2.24) is 0 Å². The van der Waals surface area contributed by atoms with Gasteiger partial charge < -0.3 is 9.47 Å². The number of nitrogens with one attached hydrogen (secondary N) is 2. The number of anilines is 2. The molecular weight excluding hydrogens is 380 g/mol. The molecule has 2 rings (SSSR count). The Morgan fingerprint density at radius 2 is 1.40 bits per heavy atom. The van der Waals surface area contributed by atoms with Gasteiger partial charge in [-0.15, -0.1) is 0 Å². The minimum Gasteiger partial charge on any atom is -0.450 e. The van der Waals surface area contributed by atoms with E-state index >= 15 is 0 Å². The number of hydrogen-bond acceptors (Lipinski definition) is 4. The van der Waals surface area contributed by atoms with Gasteiger partial charge >= 0.3 is 12.2 Å². The standard InChI is InChI=1S/C24H32N2O4/c1-5-19-9-13-21(14-10-19)26-24(28)30-18(4)8-7-17(3)20-11-15-22(16-12-20)25-23(27)29-6-2/h9-18H,5-8H2,1-4H3,(H,25,27)(H,26,28)/t17?,18-/m1/s1. The van der Waals surface area contributed by atoms with Crippen molar-refractivity contribution in [3.8, 4) is 0 Å². The summed E-state index contributed by atoms with van der Waals surface area (Å²) >= 11 is 0. The maximum atomic E-state index is 12.1. The summed E-state index contributed by atoms with van der Waals surface area (Å²) in [7, 11) is 0. The van der Waals surface area contributed by atoms with Crippen LogP contribution in [-0.4, -0.2) is 24.9 Å². The van der Waals surface area contributed by atoms with Gasteiger partial charge in [-0.1, -0.05) is 38.1 Å². The number of amides is 2. The highest BCUT2D eigenvalue weighted by molar-refractivity contribution is 5.85. The fraction of sp³-hybridized carbons (Fsp3) is 0.417. The van der Waals surface area contributed by atoms with Crippen molar-refractivity contribution in [3.05, 3.63) is 59.7 Å². The smallest absolute Gasteiger partial charge is 0.411 e. The summed E-state index contributed by atoms with van der Waals surface area (Å²) in [6, 6.07) is 15.5. The Bertz CT molecular complexity index is 803. The minimum atomic E-state index is -0.455. The van der Waals surface area contributed by atoms with Crippen LogP contribution in [0.1, 0.15) is 57.6 Å². The van der Waals surface area contributed by atoms with Crippen molar-refractivity contribution in [3.63, 3.8) is 0 Å². The van der Waals surface area contributed by atoms with Crippen LogP contribution in [-0.2, 0) is 15.9 Å². The highest BCUT2D eigenvalue weighted by atomic mass is 16.6. The first-order chi connectivity index (χ1) is 14.4. The lowest BCUT2D eigenvalue weighted by molar-refractivity contribution is 0.113. The first-order valence-electron chi connectivity index (χ1n) is 10.5. The van der Waals surface area contributed by atoms with Gasteiger partial charge in [0.15, 0.2) is 0 Å². The van der Waals surface area contributed by atoms with Crippen LogP contribution < -0.4 is 10.6 Å². The third-order valence-corrected chi connectivity index (χ3v) is 4.92. The van der Waals surface area contributed by atoms with Crippen LogP contribution in [0.2, 0.25) is 0 Å². The number of carbonyl (C=O) groups excluding carboxylic acids is 2. The number of rotatable bonds is 9. The summed E-state index contributed by atoms with van der Waals surface area (Å²) in [4.78, 5) is 23.5. The number of benzene rings is 2. The second-order valence-corrected chi connectivity index (χ2v) is 7.34. The van der Waals surface area contributed by atoms with E-state index in [1.54, 1.807) is 6.92 Å². The molecule has 162 valence electrons. The molecule has 0 fully saturated rings. The minimum absolute atomic E-state index is 0.188. The summed E-state index contributed by atoms with van der Waals surface area (Å²) in [6.45, 7) is 8.23. The van der Waals surface area contributed by atoms with Crippen LogP contribution in [0.25, 0.3) is 0 Å². The molecule has 0 saturated carbocycles. The second kappa shape index (κ2) is 11.9. The Kier molecular flexibility index (Phi) is 9.19. The van der Waals surface area contributed by atoms with E-state index in [4.69, 9.17) is 9.47 Å². The van der Waals surface area contributed by atoms with Gasteiger partial charge in [0, 0.05) is 11.4 Å². The van der Waals surface area contributed by atoms with Crippen LogP contribution >= 0.6 is 0 Å². The largest absolute Gasteiger partial charge is 0.450 e. The molecule has 0 spiro atoms. The predicted molar refractivity (Wildman–Crippen MR) is 120 cm³/mol. The van der Waals surface area contributed by atoms with E-state index in [1.165, 1.54) is 5.56 Å². The molecule has 0 saturated heterocycles. The Labute approximate surface area is 179 Å². The molecule has 0 radical (unpaired) electrons. The van der Waals surface area contributed by atoms with Gasteiger partial charge in [0.05, 0.1) is 6.61 Å². The number of hydrogen-bond donors (Lipinski definition) is 2. The van der Waals surface area contributed by atoms with Gasteiger partial charge in [-0.25, -0.2) is 9.59 Å². The summed E-state index contributed by atoms with van der Waals surface area (Å²) in [5.41, 5.74) is 3.82. The summed E-state index contributed by atoms with van der Waals surface area (Å²) in [5, 5.41) is 5.45. The fourth-order valence-electron chi connectivity index (χ4n) is 3.04. The fourth-order valence-corrected chi connectivity index (χ4v) is 3.04. The van der Waals surface area contributed by atoms with Crippen LogP contribution in [0.3, 0.4) is 0 Å². The zero-order chi connectivity index (χ0) is 21.9. The van der Waals surface area contributed by atoms with Crippen molar-refractivity contribution >= 4 is 23.6 Å². The number of carbonyl (C=O) groups is 2. The maximum absolute atomic E-state index is 12.1. The lowest BCUT2D eigenvalue weighted by atomic mass is 9.95. The normalized spacial score (nSPS) is 12.5. The van der Waals surface area contributed by atoms with Crippen molar-refractivity contribution in [1.29, 1.82) is 0 Å². The van der Waals surface area contributed by atoms with Gasteiger partial charge in [-0.3, -0.25) is 10.6 Å². The van der Waals surface area contributed by atoms with Crippen molar-refractivity contribution in [2.75, 3.05) is 17.2 Å². The van der Waals surface area contributed by atoms with E-state index in [0.717, 1.165) is 30.5 Å². The van der Waals surface area contributed by atoms with E-state index < -0.39 is 12.2 Å². The van der Waals surface area contributed by atoms with E-state index in [9.17, 15) is 9.59 Å².